The van der Waals surface area contributed by atoms with Crippen LogP contribution in [0.4, 0.5) is 11.4 Å². The highest BCUT2D eigenvalue weighted by molar-refractivity contribution is 6.09. The summed E-state index contributed by atoms with van der Waals surface area (Å²) in [5.41, 5.74) is 0.835. The molecule has 1 aliphatic heterocycles. The average Bonchev–Trinajstić information content (AvgIpc) is 2.98. The van der Waals surface area contributed by atoms with Gasteiger partial charge in [-0.25, -0.2) is 0 Å². The van der Waals surface area contributed by atoms with Crippen molar-refractivity contribution in [3.05, 3.63) is 24.3 Å². The molecule has 0 radical (unpaired) electrons. The number of amides is 2. The summed E-state index contributed by atoms with van der Waals surface area (Å²) in [4.78, 5) is 27.9. The first-order valence-electron chi connectivity index (χ1n) is 10.9. The summed E-state index contributed by atoms with van der Waals surface area (Å²) in [5.74, 6) is -0.439. The number of nitrogens with zero attached hydrogens (tertiary/aromatic N) is 1. The van der Waals surface area contributed by atoms with E-state index in [0.717, 1.165) is 44.5 Å². The van der Waals surface area contributed by atoms with E-state index >= 15 is 0 Å². The lowest BCUT2D eigenvalue weighted by Gasteiger charge is -2.29. The highest BCUT2D eigenvalue weighted by Crippen LogP contribution is 2.25. The molecule has 1 saturated carbocycles. The van der Waals surface area contributed by atoms with Crippen LogP contribution >= 0.6 is 0 Å². The van der Waals surface area contributed by atoms with E-state index < -0.39 is 5.41 Å². The summed E-state index contributed by atoms with van der Waals surface area (Å²) >= 11 is 0. The predicted octanol–water partition coefficient (Wildman–Crippen LogP) is 4.48. The molecule has 0 spiro atoms. The highest BCUT2D eigenvalue weighted by atomic mass is 16.2. The van der Waals surface area contributed by atoms with Crippen LogP contribution in [0.25, 0.3) is 0 Å². The summed E-state index contributed by atoms with van der Waals surface area (Å²) in [6, 6.07) is 8.17. The van der Waals surface area contributed by atoms with Gasteiger partial charge in [0.25, 0.3) is 0 Å². The maximum Gasteiger partial charge on any atom is 0.239 e. The maximum atomic E-state index is 12.8. The number of carbonyl (C=O) groups is 2. The number of nitrogens with one attached hydrogen (secondary N) is 2. The molecule has 5 heteroatoms. The molecule has 5 nitrogen and oxygen atoms in total. The molecule has 1 aromatic carbocycles. The Morgan fingerprint density at radius 2 is 1.43 bits per heavy atom. The predicted molar refractivity (Wildman–Crippen MR) is 115 cm³/mol. The van der Waals surface area contributed by atoms with Crippen molar-refractivity contribution in [3.63, 3.8) is 0 Å². The summed E-state index contributed by atoms with van der Waals surface area (Å²) in [7, 11) is 0. The minimum Gasteiger partial charge on any atom is -0.372 e. The fourth-order valence-corrected chi connectivity index (χ4v) is 4.09. The lowest BCUT2D eigenvalue weighted by molar-refractivity contribution is -0.138. The summed E-state index contributed by atoms with van der Waals surface area (Å²) in [5, 5.41) is 6.04. The molecular weight excluding hydrogens is 350 g/mol. The van der Waals surface area contributed by atoms with Gasteiger partial charge in [0.1, 0.15) is 5.41 Å². The Morgan fingerprint density at radius 3 is 2.04 bits per heavy atom. The molecule has 2 aliphatic rings. The molecule has 0 bridgehead atoms. The summed E-state index contributed by atoms with van der Waals surface area (Å²) in [6.45, 7) is 5.60. The molecule has 154 valence electrons. The normalized spacial score (nSPS) is 19.0. The second-order valence-corrected chi connectivity index (χ2v) is 8.84. The summed E-state index contributed by atoms with van der Waals surface area (Å²) < 4.78 is 0. The Kier molecular flexibility index (Phi) is 6.97. The molecule has 2 amide bonds. The van der Waals surface area contributed by atoms with Crippen molar-refractivity contribution in [2.24, 2.45) is 5.41 Å². The van der Waals surface area contributed by atoms with Crippen LogP contribution in [0, 0.1) is 5.41 Å². The molecule has 2 N–H and O–H groups in total. The van der Waals surface area contributed by atoms with Crippen molar-refractivity contribution in [2.45, 2.75) is 77.7 Å². The third-order valence-electron chi connectivity index (χ3n) is 6.17. The van der Waals surface area contributed by atoms with Gasteiger partial charge in [0.2, 0.25) is 11.8 Å². The lowest BCUT2D eigenvalue weighted by atomic mass is 9.90. The van der Waals surface area contributed by atoms with E-state index in [2.05, 4.69) is 27.7 Å². The van der Waals surface area contributed by atoms with Crippen LogP contribution < -0.4 is 15.5 Å². The van der Waals surface area contributed by atoms with Crippen molar-refractivity contribution in [3.8, 4) is 0 Å². The van der Waals surface area contributed by atoms with E-state index in [-0.39, 0.29) is 17.9 Å². The van der Waals surface area contributed by atoms with Crippen molar-refractivity contribution in [1.82, 2.24) is 5.32 Å². The molecule has 0 unspecified atom stereocenters. The number of anilines is 2. The van der Waals surface area contributed by atoms with Crippen molar-refractivity contribution in [2.75, 3.05) is 23.3 Å². The van der Waals surface area contributed by atoms with Crippen LogP contribution in [0.3, 0.4) is 0 Å². The van der Waals surface area contributed by atoms with Gasteiger partial charge in [0, 0.05) is 30.5 Å². The zero-order chi connectivity index (χ0) is 20.0. The van der Waals surface area contributed by atoms with Gasteiger partial charge in [-0.2, -0.15) is 0 Å². The van der Waals surface area contributed by atoms with Crippen molar-refractivity contribution >= 4 is 23.2 Å². The van der Waals surface area contributed by atoms with Gasteiger partial charge in [-0.1, -0.05) is 25.7 Å². The van der Waals surface area contributed by atoms with Gasteiger partial charge in [-0.15, -0.1) is 0 Å². The Bertz CT molecular complexity index is 655. The van der Waals surface area contributed by atoms with E-state index in [0.29, 0.717) is 0 Å². The van der Waals surface area contributed by atoms with E-state index in [1.54, 1.807) is 13.8 Å². The molecule has 1 heterocycles. The number of rotatable bonds is 5. The molecule has 0 aromatic heterocycles. The fourth-order valence-electron chi connectivity index (χ4n) is 4.09. The van der Waals surface area contributed by atoms with Gasteiger partial charge in [-0.3, -0.25) is 9.59 Å². The van der Waals surface area contributed by atoms with Crippen molar-refractivity contribution in [1.29, 1.82) is 0 Å². The first-order chi connectivity index (χ1) is 13.5. The third-order valence-corrected chi connectivity index (χ3v) is 6.17. The van der Waals surface area contributed by atoms with Gasteiger partial charge in [0.15, 0.2) is 0 Å². The second kappa shape index (κ2) is 9.44. The van der Waals surface area contributed by atoms with E-state index in [1.807, 2.05) is 12.1 Å². The largest absolute Gasteiger partial charge is 0.372 e. The molecule has 1 saturated heterocycles. The fraction of sp³-hybridized carbons (Fsp3) is 0.652. The molecular formula is C23H35N3O2. The SMILES string of the molecule is CC(C)(C(=O)Nc1ccc(N2CCCCC2)cc1)C(=O)NC1CCCCCC1. The highest BCUT2D eigenvalue weighted by Gasteiger charge is 2.37. The number of carbonyl (C=O) groups excluding carboxylic acids is 2. The minimum atomic E-state index is -1.10. The monoisotopic (exact) mass is 385 g/mol. The smallest absolute Gasteiger partial charge is 0.239 e. The van der Waals surface area contributed by atoms with Gasteiger partial charge in [0.05, 0.1) is 0 Å². The van der Waals surface area contributed by atoms with E-state index in [1.165, 1.54) is 37.8 Å². The second-order valence-electron chi connectivity index (χ2n) is 8.84. The third kappa shape index (κ3) is 5.27. The zero-order valence-corrected chi connectivity index (χ0v) is 17.4. The molecule has 0 atom stereocenters. The Morgan fingerprint density at radius 1 is 0.857 bits per heavy atom. The number of hydrogen-bond donors (Lipinski definition) is 2. The number of hydrogen-bond acceptors (Lipinski definition) is 3. The van der Waals surface area contributed by atoms with Gasteiger partial charge in [-0.05, 0) is 70.2 Å². The maximum absolute atomic E-state index is 12.8. The zero-order valence-electron chi connectivity index (χ0n) is 17.4. The van der Waals surface area contributed by atoms with Crippen LogP contribution in [0.5, 0.6) is 0 Å². The Hall–Kier alpha value is -2.04. The van der Waals surface area contributed by atoms with Gasteiger partial charge < -0.3 is 15.5 Å². The standard InChI is InChI=1S/C23H35N3O2/c1-23(2,21(27)24-18-10-6-3-4-7-11-18)22(28)25-19-12-14-20(15-13-19)26-16-8-5-9-17-26/h12-15,18H,3-11,16-17H2,1-2H3,(H,24,27)(H,25,28). The van der Waals surface area contributed by atoms with Crippen LogP contribution in [0.1, 0.15) is 71.6 Å². The average molecular weight is 386 g/mol. The number of piperidine rings is 1. The van der Waals surface area contributed by atoms with Gasteiger partial charge >= 0.3 is 0 Å². The first kappa shape index (κ1) is 20.7. The summed E-state index contributed by atoms with van der Waals surface area (Å²) in [6.07, 6.45) is 10.6. The quantitative estimate of drug-likeness (QED) is 0.580. The first-order valence-corrected chi connectivity index (χ1v) is 10.9. The lowest BCUT2D eigenvalue weighted by Crippen LogP contribution is -2.48. The minimum absolute atomic E-state index is 0.179. The topological polar surface area (TPSA) is 61.4 Å². The van der Waals surface area contributed by atoms with E-state index in [9.17, 15) is 9.59 Å². The Labute approximate surface area is 169 Å². The molecule has 28 heavy (non-hydrogen) atoms. The molecule has 2 fully saturated rings. The van der Waals surface area contributed by atoms with Crippen LogP contribution in [0.2, 0.25) is 0 Å². The number of benzene rings is 1. The Balaban J connectivity index is 1.56. The van der Waals surface area contributed by atoms with Crippen LogP contribution in [-0.2, 0) is 9.59 Å². The van der Waals surface area contributed by atoms with Crippen molar-refractivity contribution < 1.29 is 9.59 Å². The van der Waals surface area contributed by atoms with Crippen LogP contribution in [-0.4, -0.2) is 30.9 Å². The van der Waals surface area contributed by atoms with Crippen LogP contribution in [0.15, 0.2) is 24.3 Å². The molecule has 1 aromatic rings. The van der Waals surface area contributed by atoms with E-state index in [4.69, 9.17) is 0 Å². The molecule has 3 rings (SSSR count). The molecule has 1 aliphatic carbocycles.